The van der Waals surface area contributed by atoms with Crippen LogP contribution in [0.15, 0.2) is 24.3 Å². The molecule has 0 radical (unpaired) electrons. The van der Waals surface area contributed by atoms with E-state index in [0.717, 1.165) is 25.9 Å². The van der Waals surface area contributed by atoms with Crippen molar-refractivity contribution in [2.24, 2.45) is 5.92 Å². The summed E-state index contributed by atoms with van der Waals surface area (Å²) in [4.78, 5) is 28.5. The van der Waals surface area contributed by atoms with E-state index in [2.05, 4.69) is 5.32 Å². The van der Waals surface area contributed by atoms with Gasteiger partial charge < -0.3 is 19.9 Å². The van der Waals surface area contributed by atoms with Crippen LogP contribution in [0.25, 0.3) is 0 Å². The summed E-state index contributed by atoms with van der Waals surface area (Å²) in [6.07, 6.45) is 2.20. The molecule has 26 heavy (non-hydrogen) atoms. The molecule has 1 aromatic carbocycles. The number of nitrogens with one attached hydrogen (secondary N) is 1. The SMILES string of the molecule is CNCCN1C(=O)CC[C@H]2CN(C(=O)COc3ccc(F)cc3)CC[C@H]21. The minimum absolute atomic E-state index is 0.0502. The molecule has 2 fully saturated rings. The molecule has 0 spiro atoms. The van der Waals surface area contributed by atoms with Gasteiger partial charge in [0.25, 0.3) is 5.91 Å². The van der Waals surface area contributed by atoms with E-state index in [1.54, 1.807) is 0 Å². The number of benzene rings is 1. The lowest BCUT2D eigenvalue weighted by molar-refractivity contribution is -0.144. The van der Waals surface area contributed by atoms with E-state index in [9.17, 15) is 14.0 Å². The van der Waals surface area contributed by atoms with Crippen LogP contribution in [-0.2, 0) is 9.59 Å². The third-order valence-corrected chi connectivity index (χ3v) is 5.27. The molecule has 2 heterocycles. The number of nitrogens with zero attached hydrogens (tertiary/aromatic N) is 2. The predicted octanol–water partition coefficient (Wildman–Crippen LogP) is 1.26. The molecule has 2 saturated heterocycles. The van der Waals surface area contributed by atoms with E-state index in [1.807, 2.05) is 16.8 Å². The first-order chi connectivity index (χ1) is 12.6. The molecule has 3 rings (SSSR count). The van der Waals surface area contributed by atoms with Crippen LogP contribution < -0.4 is 10.1 Å². The summed E-state index contributed by atoms with van der Waals surface area (Å²) in [6, 6.07) is 5.88. The zero-order valence-electron chi connectivity index (χ0n) is 15.1. The van der Waals surface area contributed by atoms with Crippen molar-refractivity contribution >= 4 is 11.8 Å². The molecule has 0 aliphatic carbocycles. The number of piperidine rings is 2. The normalized spacial score (nSPS) is 22.9. The van der Waals surface area contributed by atoms with Gasteiger partial charge >= 0.3 is 0 Å². The Labute approximate surface area is 153 Å². The Morgan fingerprint density at radius 2 is 2.08 bits per heavy atom. The number of carbonyl (C=O) groups excluding carboxylic acids is 2. The molecule has 142 valence electrons. The van der Waals surface area contributed by atoms with Gasteiger partial charge in [0.2, 0.25) is 5.91 Å². The van der Waals surface area contributed by atoms with Crippen molar-refractivity contribution in [2.45, 2.75) is 25.3 Å². The van der Waals surface area contributed by atoms with Gasteiger partial charge in [0.15, 0.2) is 6.61 Å². The lowest BCUT2D eigenvalue weighted by Crippen LogP contribution is -2.58. The average molecular weight is 363 g/mol. The largest absolute Gasteiger partial charge is 0.484 e. The molecule has 0 aromatic heterocycles. The van der Waals surface area contributed by atoms with Gasteiger partial charge in [-0.3, -0.25) is 9.59 Å². The number of halogens is 1. The maximum absolute atomic E-state index is 12.9. The summed E-state index contributed by atoms with van der Waals surface area (Å²) in [5, 5.41) is 3.10. The number of hydrogen-bond donors (Lipinski definition) is 1. The Bertz CT molecular complexity index is 637. The highest BCUT2D eigenvalue weighted by atomic mass is 19.1. The van der Waals surface area contributed by atoms with Crippen LogP contribution in [0.3, 0.4) is 0 Å². The van der Waals surface area contributed by atoms with E-state index in [1.165, 1.54) is 24.3 Å². The number of likely N-dealkylation sites (N-methyl/N-ethyl adjacent to an activating group) is 1. The minimum Gasteiger partial charge on any atom is -0.484 e. The zero-order valence-corrected chi connectivity index (χ0v) is 15.1. The minimum atomic E-state index is -0.333. The first-order valence-corrected chi connectivity index (χ1v) is 9.18. The number of hydrogen-bond acceptors (Lipinski definition) is 4. The van der Waals surface area contributed by atoms with Crippen molar-refractivity contribution in [1.29, 1.82) is 0 Å². The highest BCUT2D eigenvalue weighted by Gasteiger charge is 2.39. The molecule has 2 atom stereocenters. The number of likely N-dealkylation sites (tertiary alicyclic amines) is 2. The van der Waals surface area contributed by atoms with Crippen LogP contribution in [0.4, 0.5) is 4.39 Å². The fourth-order valence-corrected chi connectivity index (χ4v) is 3.87. The molecule has 0 unspecified atom stereocenters. The molecule has 7 heteroatoms. The van der Waals surface area contributed by atoms with Crippen LogP contribution >= 0.6 is 0 Å². The van der Waals surface area contributed by atoms with Gasteiger partial charge in [-0.25, -0.2) is 4.39 Å². The lowest BCUT2D eigenvalue weighted by Gasteiger charge is -2.47. The molecular weight excluding hydrogens is 337 g/mol. The zero-order chi connectivity index (χ0) is 18.5. The van der Waals surface area contributed by atoms with Crippen molar-refractivity contribution in [1.82, 2.24) is 15.1 Å². The molecule has 0 bridgehead atoms. The van der Waals surface area contributed by atoms with Gasteiger partial charge in [-0.2, -0.15) is 0 Å². The first kappa shape index (κ1) is 18.6. The monoisotopic (exact) mass is 363 g/mol. The first-order valence-electron chi connectivity index (χ1n) is 9.18. The molecule has 6 nitrogen and oxygen atoms in total. The quantitative estimate of drug-likeness (QED) is 0.827. The number of rotatable bonds is 6. The maximum atomic E-state index is 12.9. The molecular formula is C19H26FN3O3. The van der Waals surface area contributed by atoms with Crippen LogP contribution in [0.5, 0.6) is 5.75 Å². The van der Waals surface area contributed by atoms with Gasteiger partial charge in [-0.05, 0) is 50.1 Å². The van der Waals surface area contributed by atoms with Gasteiger partial charge in [-0.1, -0.05) is 0 Å². The Hall–Kier alpha value is -2.15. The molecule has 1 aromatic rings. The van der Waals surface area contributed by atoms with Crippen LogP contribution in [-0.4, -0.2) is 67.5 Å². The predicted molar refractivity (Wildman–Crippen MR) is 95.2 cm³/mol. The van der Waals surface area contributed by atoms with E-state index < -0.39 is 0 Å². The standard InChI is InChI=1S/C19H26FN3O3/c1-21-9-11-23-17-8-10-22(12-14(17)2-7-18(23)24)19(25)13-26-16-5-3-15(20)4-6-16/h3-6,14,17,21H,2,7-13H2,1H3/t14-,17+/m0/s1. The summed E-state index contributed by atoms with van der Waals surface area (Å²) in [6.45, 7) is 2.75. The Morgan fingerprint density at radius 1 is 1.31 bits per heavy atom. The van der Waals surface area contributed by atoms with Crippen LogP contribution in [0.2, 0.25) is 0 Å². The second kappa shape index (κ2) is 8.49. The molecule has 2 aliphatic rings. The third-order valence-electron chi connectivity index (χ3n) is 5.27. The molecule has 2 amide bonds. The summed E-state index contributed by atoms with van der Waals surface area (Å²) >= 11 is 0. The van der Waals surface area contributed by atoms with Gasteiger partial charge in [0, 0.05) is 38.6 Å². The van der Waals surface area contributed by atoms with Crippen LogP contribution in [0.1, 0.15) is 19.3 Å². The maximum Gasteiger partial charge on any atom is 0.260 e. The average Bonchev–Trinajstić information content (AvgIpc) is 2.66. The second-order valence-electron chi connectivity index (χ2n) is 6.93. The summed E-state index contributed by atoms with van der Waals surface area (Å²) in [5.41, 5.74) is 0. The topological polar surface area (TPSA) is 61.9 Å². The molecule has 1 N–H and O–H groups in total. The smallest absolute Gasteiger partial charge is 0.260 e. The van der Waals surface area contributed by atoms with Crippen molar-refractivity contribution < 1.29 is 18.7 Å². The fourth-order valence-electron chi connectivity index (χ4n) is 3.87. The van der Waals surface area contributed by atoms with Gasteiger partial charge in [0.1, 0.15) is 11.6 Å². The van der Waals surface area contributed by atoms with Crippen molar-refractivity contribution in [3.63, 3.8) is 0 Å². The van der Waals surface area contributed by atoms with Gasteiger partial charge in [-0.15, -0.1) is 0 Å². The number of fused-ring (bicyclic) bond motifs is 1. The Kier molecular flexibility index (Phi) is 6.08. The summed E-state index contributed by atoms with van der Waals surface area (Å²) < 4.78 is 18.4. The third kappa shape index (κ3) is 4.33. The van der Waals surface area contributed by atoms with Crippen molar-refractivity contribution in [2.75, 3.05) is 39.8 Å². The fraction of sp³-hybridized carbons (Fsp3) is 0.579. The second-order valence-corrected chi connectivity index (χ2v) is 6.93. The number of amides is 2. The molecule has 0 saturated carbocycles. The van der Waals surface area contributed by atoms with Crippen molar-refractivity contribution in [3.05, 3.63) is 30.1 Å². The number of carbonyl (C=O) groups is 2. The Balaban J connectivity index is 1.53. The van der Waals surface area contributed by atoms with E-state index in [0.29, 0.717) is 31.2 Å². The highest BCUT2D eigenvalue weighted by Crippen LogP contribution is 2.31. The van der Waals surface area contributed by atoms with E-state index >= 15 is 0 Å². The summed E-state index contributed by atoms with van der Waals surface area (Å²) in [5.74, 6) is 0.636. The van der Waals surface area contributed by atoms with Crippen molar-refractivity contribution in [3.8, 4) is 5.75 Å². The van der Waals surface area contributed by atoms with Crippen LogP contribution in [0, 0.1) is 11.7 Å². The molecule has 2 aliphatic heterocycles. The van der Waals surface area contributed by atoms with E-state index in [-0.39, 0.29) is 30.3 Å². The lowest BCUT2D eigenvalue weighted by atomic mass is 9.83. The Morgan fingerprint density at radius 3 is 2.81 bits per heavy atom. The van der Waals surface area contributed by atoms with E-state index in [4.69, 9.17) is 4.74 Å². The van der Waals surface area contributed by atoms with Gasteiger partial charge in [0.05, 0.1) is 0 Å². The highest BCUT2D eigenvalue weighted by molar-refractivity contribution is 5.79. The number of ether oxygens (including phenoxy) is 1. The summed E-state index contributed by atoms with van der Waals surface area (Å²) in [7, 11) is 1.88.